The minimum atomic E-state index is -0.495. The first kappa shape index (κ1) is 21.7. The fraction of sp³-hybridized carbons (Fsp3) is 0.417. The molecule has 0 radical (unpaired) electrons. The molecular formula is C24H30O4. The lowest BCUT2D eigenvalue weighted by molar-refractivity contribution is -0.0721. The Morgan fingerprint density at radius 2 is 1.21 bits per heavy atom. The maximum absolute atomic E-state index is 12.5. The van der Waals surface area contributed by atoms with E-state index in [1.165, 1.54) is 0 Å². The predicted octanol–water partition coefficient (Wildman–Crippen LogP) is 5.67. The van der Waals surface area contributed by atoms with Crippen LogP contribution in [0.5, 0.6) is 0 Å². The molecule has 2 rings (SSSR count). The molecule has 0 amide bonds. The highest BCUT2D eigenvalue weighted by Crippen LogP contribution is 2.37. The van der Waals surface area contributed by atoms with E-state index in [9.17, 15) is 9.59 Å². The van der Waals surface area contributed by atoms with Crippen LogP contribution in [0.25, 0.3) is 0 Å². The molecule has 0 aliphatic heterocycles. The molecule has 2 unspecified atom stereocenters. The molecule has 0 aliphatic carbocycles. The summed E-state index contributed by atoms with van der Waals surface area (Å²) >= 11 is 0. The van der Waals surface area contributed by atoms with Crippen molar-refractivity contribution in [3.05, 3.63) is 71.8 Å². The average molecular weight is 383 g/mol. The van der Waals surface area contributed by atoms with Gasteiger partial charge in [-0.2, -0.15) is 0 Å². The molecule has 2 atom stereocenters. The minimum absolute atomic E-state index is 0.364. The molecule has 0 heterocycles. The maximum Gasteiger partial charge on any atom is 0.338 e. The monoisotopic (exact) mass is 382 g/mol. The van der Waals surface area contributed by atoms with Crippen LogP contribution >= 0.6 is 0 Å². The van der Waals surface area contributed by atoms with Crippen LogP contribution in [-0.2, 0) is 9.47 Å². The zero-order valence-electron chi connectivity index (χ0n) is 17.2. The van der Waals surface area contributed by atoms with Crippen LogP contribution in [0, 0.1) is 5.41 Å². The lowest BCUT2D eigenvalue weighted by Gasteiger charge is -2.39. The third-order valence-corrected chi connectivity index (χ3v) is 5.51. The van der Waals surface area contributed by atoms with E-state index in [2.05, 4.69) is 6.92 Å². The van der Waals surface area contributed by atoms with Crippen LogP contribution in [0.1, 0.15) is 67.7 Å². The van der Waals surface area contributed by atoms with E-state index in [0.717, 1.165) is 19.3 Å². The van der Waals surface area contributed by atoms with Gasteiger partial charge in [0, 0.05) is 5.41 Å². The molecule has 0 saturated heterocycles. The smallest absolute Gasteiger partial charge is 0.338 e. The van der Waals surface area contributed by atoms with Gasteiger partial charge in [-0.3, -0.25) is 0 Å². The molecule has 0 bridgehead atoms. The number of hydrogen-bond donors (Lipinski definition) is 0. The van der Waals surface area contributed by atoms with Crippen molar-refractivity contribution in [2.45, 2.75) is 59.2 Å². The zero-order chi connectivity index (χ0) is 20.6. The summed E-state index contributed by atoms with van der Waals surface area (Å²) in [5.41, 5.74) is 0.535. The Hall–Kier alpha value is -2.62. The Morgan fingerprint density at radius 3 is 1.57 bits per heavy atom. The van der Waals surface area contributed by atoms with Crippen molar-refractivity contribution in [3.8, 4) is 0 Å². The third-order valence-electron chi connectivity index (χ3n) is 5.51. The van der Waals surface area contributed by atoms with Crippen LogP contribution in [0.15, 0.2) is 60.7 Å². The Balaban J connectivity index is 2.14. The number of carbonyl (C=O) groups is 2. The largest absolute Gasteiger partial charge is 0.458 e. The first-order valence-electron chi connectivity index (χ1n) is 9.90. The van der Waals surface area contributed by atoms with Crippen LogP contribution in [0.4, 0.5) is 0 Å². The molecule has 28 heavy (non-hydrogen) atoms. The number of esters is 2. The summed E-state index contributed by atoms with van der Waals surface area (Å²) in [5.74, 6) is -0.727. The molecule has 150 valence electrons. The summed E-state index contributed by atoms with van der Waals surface area (Å²) < 4.78 is 11.6. The number of rotatable bonds is 9. The number of unbranched alkanes of at least 4 members (excludes halogenated alkanes) is 1. The number of carbonyl (C=O) groups excluding carboxylic acids is 2. The van der Waals surface area contributed by atoms with E-state index in [0.29, 0.717) is 11.1 Å². The van der Waals surface area contributed by atoms with E-state index in [4.69, 9.17) is 9.47 Å². The van der Waals surface area contributed by atoms with E-state index in [1.807, 2.05) is 57.2 Å². The van der Waals surface area contributed by atoms with Gasteiger partial charge < -0.3 is 9.47 Å². The number of benzene rings is 2. The molecule has 0 fully saturated rings. The summed E-state index contributed by atoms with van der Waals surface area (Å²) in [5, 5.41) is 0. The standard InChI is InChI=1S/C24H30O4/c1-5-6-17-24(4,18(2)27-22(25)20-13-9-7-10-14-20)19(3)28-23(26)21-15-11-8-12-16-21/h7-16,18-19H,5-6,17H2,1-4H3. The van der Waals surface area contributed by atoms with E-state index in [1.54, 1.807) is 24.3 Å². The van der Waals surface area contributed by atoms with E-state index in [-0.39, 0.29) is 11.9 Å². The van der Waals surface area contributed by atoms with Gasteiger partial charge in [0.15, 0.2) is 0 Å². The van der Waals surface area contributed by atoms with Crippen molar-refractivity contribution in [1.82, 2.24) is 0 Å². The number of hydrogen-bond acceptors (Lipinski definition) is 4. The highest BCUT2D eigenvalue weighted by molar-refractivity contribution is 5.90. The van der Waals surface area contributed by atoms with Crippen molar-refractivity contribution in [2.75, 3.05) is 0 Å². The second-order valence-corrected chi connectivity index (χ2v) is 7.44. The van der Waals surface area contributed by atoms with Gasteiger partial charge in [0.25, 0.3) is 0 Å². The van der Waals surface area contributed by atoms with Crippen molar-refractivity contribution < 1.29 is 19.1 Å². The highest BCUT2D eigenvalue weighted by Gasteiger charge is 2.41. The van der Waals surface area contributed by atoms with E-state index >= 15 is 0 Å². The van der Waals surface area contributed by atoms with Gasteiger partial charge in [-0.15, -0.1) is 0 Å². The van der Waals surface area contributed by atoms with Gasteiger partial charge in [-0.05, 0) is 44.5 Å². The van der Waals surface area contributed by atoms with Crippen molar-refractivity contribution in [2.24, 2.45) is 5.41 Å². The predicted molar refractivity (Wildman–Crippen MR) is 110 cm³/mol. The molecule has 0 spiro atoms. The first-order valence-corrected chi connectivity index (χ1v) is 9.90. The van der Waals surface area contributed by atoms with Gasteiger partial charge >= 0.3 is 11.9 Å². The van der Waals surface area contributed by atoms with Gasteiger partial charge in [0.05, 0.1) is 11.1 Å². The second kappa shape index (κ2) is 10.1. The van der Waals surface area contributed by atoms with Gasteiger partial charge in [-0.25, -0.2) is 9.59 Å². The normalized spacial score (nSPS) is 15.1. The van der Waals surface area contributed by atoms with Gasteiger partial charge in [0.2, 0.25) is 0 Å². The van der Waals surface area contributed by atoms with Gasteiger partial charge in [-0.1, -0.05) is 63.1 Å². The third kappa shape index (κ3) is 5.44. The maximum atomic E-state index is 12.5. The Bertz CT molecular complexity index is 695. The summed E-state index contributed by atoms with van der Waals surface area (Å²) in [6, 6.07) is 17.9. The molecule has 0 N–H and O–H groups in total. The first-order chi connectivity index (χ1) is 13.4. The fourth-order valence-electron chi connectivity index (χ4n) is 3.17. The molecule has 0 saturated carbocycles. The van der Waals surface area contributed by atoms with Crippen molar-refractivity contribution in [1.29, 1.82) is 0 Å². The summed E-state index contributed by atoms with van der Waals surface area (Å²) in [6.07, 6.45) is 1.93. The Kier molecular flexibility index (Phi) is 7.80. The SMILES string of the molecule is CCCCC(C)(C(C)OC(=O)c1ccccc1)C(C)OC(=O)c1ccccc1. The van der Waals surface area contributed by atoms with Crippen molar-refractivity contribution >= 4 is 11.9 Å². The lowest BCUT2D eigenvalue weighted by atomic mass is 9.75. The molecule has 0 aromatic heterocycles. The highest BCUT2D eigenvalue weighted by atomic mass is 16.6. The fourth-order valence-corrected chi connectivity index (χ4v) is 3.17. The molecular weight excluding hydrogens is 352 g/mol. The minimum Gasteiger partial charge on any atom is -0.458 e. The van der Waals surface area contributed by atoms with E-state index < -0.39 is 17.6 Å². The quantitative estimate of drug-likeness (QED) is 0.524. The van der Waals surface area contributed by atoms with Crippen LogP contribution in [-0.4, -0.2) is 24.1 Å². The lowest BCUT2D eigenvalue weighted by Crippen LogP contribution is -2.44. The van der Waals surface area contributed by atoms with Crippen LogP contribution < -0.4 is 0 Å². The topological polar surface area (TPSA) is 52.6 Å². The molecule has 4 heteroatoms. The summed E-state index contributed by atoms with van der Waals surface area (Å²) in [6.45, 7) is 7.89. The average Bonchev–Trinajstić information content (AvgIpc) is 2.72. The molecule has 2 aromatic rings. The molecule has 2 aromatic carbocycles. The summed E-state index contributed by atoms with van der Waals surface area (Å²) in [4.78, 5) is 25.0. The zero-order valence-corrected chi connectivity index (χ0v) is 17.2. The van der Waals surface area contributed by atoms with Crippen LogP contribution in [0.2, 0.25) is 0 Å². The Labute approximate surface area is 167 Å². The van der Waals surface area contributed by atoms with Gasteiger partial charge in [0.1, 0.15) is 12.2 Å². The van der Waals surface area contributed by atoms with Crippen LogP contribution in [0.3, 0.4) is 0 Å². The number of ether oxygens (including phenoxy) is 2. The second-order valence-electron chi connectivity index (χ2n) is 7.44. The summed E-state index contributed by atoms with van der Waals surface area (Å²) in [7, 11) is 0. The Morgan fingerprint density at radius 1 is 0.821 bits per heavy atom. The molecule has 4 nitrogen and oxygen atoms in total. The molecule has 0 aliphatic rings. The van der Waals surface area contributed by atoms with Crippen molar-refractivity contribution in [3.63, 3.8) is 0 Å².